The Morgan fingerprint density at radius 1 is 0.950 bits per heavy atom. The molecule has 1 heterocycles. The smallest absolute Gasteiger partial charge is 0.147 e. The minimum absolute atomic E-state index is 0.568. The van der Waals surface area contributed by atoms with Crippen LogP contribution in [0.1, 0.15) is 43.6 Å². The van der Waals surface area contributed by atoms with Gasteiger partial charge in [-0.05, 0) is 36.5 Å². The van der Waals surface area contributed by atoms with Crippen LogP contribution in [0.2, 0.25) is 9.36 Å². The van der Waals surface area contributed by atoms with E-state index in [0.29, 0.717) is 9.36 Å². The molecular weight excluding hydrogens is 329 g/mol. The van der Waals surface area contributed by atoms with Gasteiger partial charge in [-0.3, -0.25) is 0 Å². The van der Waals surface area contributed by atoms with Crippen LogP contribution in [-0.2, 0) is 0 Å². The van der Waals surface area contributed by atoms with Crippen molar-refractivity contribution in [2.24, 2.45) is 4.99 Å². The molecule has 1 aliphatic carbocycles. The molecule has 0 radical (unpaired) electrons. The Bertz CT molecular complexity index is 637. The Morgan fingerprint density at radius 3 is 2.25 bits per heavy atom. The minimum Gasteiger partial charge on any atom is -0.236 e. The van der Waals surface area contributed by atoms with Gasteiger partial charge in [-0.15, -0.1) is 0 Å². The number of hydrogen-bond donors (Lipinski definition) is 0. The van der Waals surface area contributed by atoms with Crippen LogP contribution in [0, 0.1) is 0 Å². The van der Waals surface area contributed by atoms with Crippen molar-refractivity contribution < 1.29 is 0 Å². The summed E-state index contributed by atoms with van der Waals surface area (Å²) < 4.78 is 1.42. The molecule has 0 atom stereocenters. The van der Waals surface area contributed by atoms with E-state index in [1.165, 1.54) is 58.3 Å². The fourth-order valence-corrected chi connectivity index (χ4v) is 5.42. The summed E-state index contributed by atoms with van der Waals surface area (Å²) in [5.74, 6) is 0.736. The predicted molar refractivity (Wildman–Crippen MR) is 89.7 cm³/mol. The van der Waals surface area contributed by atoms with Crippen molar-refractivity contribution in [2.75, 3.05) is 0 Å². The molecule has 1 saturated carbocycles. The number of benzene rings is 1. The van der Waals surface area contributed by atoms with Crippen molar-refractivity contribution in [1.82, 2.24) is 0 Å². The van der Waals surface area contributed by atoms with Crippen LogP contribution < -0.4 is 4.67 Å². The van der Waals surface area contributed by atoms with Crippen LogP contribution >= 0.6 is 43.9 Å². The van der Waals surface area contributed by atoms with E-state index in [9.17, 15) is 0 Å². The largest absolute Gasteiger partial charge is 0.236 e. The lowest BCUT2D eigenvalue weighted by molar-refractivity contribution is 0.443. The molecule has 0 amide bonds. The van der Waals surface area contributed by atoms with Crippen LogP contribution in [-0.4, -0.2) is 0 Å². The molecule has 2 aromatic rings. The Hall–Kier alpha value is -0.350. The third-order valence-electron chi connectivity index (χ3n) is 3.75. The van der Waals surface area contributed by atoms with E-state index in [2.05, 4.69) is 29.3 Å². The molecule has 5 heteroatoms. The molecule has 3 rings (SSSR count). The maximum Gasteiger partial charge on any atom is 0.147 e. The molecule has 0 N–H and O–H groups in total. The maximum absolute atomic E-state index is 6.11. The second-order valence-electron chi connectivity index (χ2n) is 5.10. The summed E-state index contributed by atoms with van der Waals surface area (Å²) in [7, 11) is 2.97. The molecule has 1 aliphatic rings. The van der Waals surface area contributed by atoms with E-state index in [0.717, 1.165) is 16.3 Å². The fraction of sp³-hybridized carbons (Fsp3) is 0.400. The zero-order valence-corrected chi connectivity index (χ0v) is 14.1. The quantitative estimate of drug-likeness (QED) is 0.559. The zero-order valence-electron chi connectivity index (χ0n) is 10.9. The van der Waals surface area contributed by atoms with Gasteiger partial charge in [-0.25, -0.2) is 4.99 Å². The van der Waals surface area contributed by atoms with E-state index in [4.69, 9.17) is 23.2 Å². The van der Waals surface area contributed by atoms with E-state index >= 15 is 0 Å². The van der Waals surface area contributed by atoms with Crippen molar-refractivity contribution in [3.05, 3.63) is 43.9 Å². The summed E-state index contributed by atoms with van der Waals surface area (Å²) in [5, 5.41) is 0.568. The molecule has 106 valence electrons. The van der Waals surface area contributed by atoms with Crippen LogP contribution in [0.5, 0.6) is 0 Å². The van der Waals surface area contributed by atoms with Crippen molar-refractivity contribution in [3.8, 4) is 0 Å². The molecule has 1 aromatic carbocycles. The molecular formula is C15H15Cl2NS2. The lowest BCUT2D eigenvalue weighted by atomic mass is 9.84. The van der Waals surface area contributed by atoms with Crippen LogP contribution in [0.3, 0.4) is 0 Å². The Labute approximate surface area is 136 Å². The predicted octanol–water partition coefficient (Wildman–Crippen LogP) is 6.40. The molecule has 20 heavy (non-hydrogen) atoms. The van der Waals surface area contributed by atoms with Gasteiger partial charge in [0.1, 0.15) is 14.0 Å². The monoisotopic (exact) mass is 343 g/mol. The summed E-state index contributed by atoms with van der Waals surface area (Å²) in [4.78, 5) is 4.56. The lowest BCUT2D eigenvalue weighted by Gasteiger charge is -2.21. The number of halogens is 2. The summed E-state index contributed by atoms with van der Waals surface area (Å²) in [5.41, 5.74) is 2.39. The van der Waals surface area contributed by atoms with Crippen molar-refractivity contribution in [3.63, 3.8) is 0 Å². The number of nitrogens with zero attached hydrogens (tertiary/aromatic N) is 1. The first kappa shape index (κ1) is 14.6. The molecule has 0 unspecified atom stereocenters. The summed E-state index contributed by atoms with van der Waals surface area (Å²) in [6.45, 7) is 0. The highest BCUT2D eigenvalue weighted by Crippen LogP contribution is 2.33. The van der Waals surface area contributed by atoms with Crippen LogP contribution in [0.15, 0.2) is 29.3 Å². The SMILES string of the molecule is Clc1ssc(=Nc2ccc(C3CCCCC3)cc2)c1Cl. The molecule has 1 aromatic heterocycles. The molecule has 0 saturated heterocycles. The van der Waals surface area contributed by atoms with Crippen molar-refractivity contribution in [1.29, 1.82) is 0 Å². The Balaban J connectivity index is 1.82. The molecule has 0 bridgehead atoms. The highest BCUT2D eigenvalue weighted by Gasteiger charge is 2.15. The lowest BCUT2D eigenvalue weighted by Crippen LogP contribution is -2.03. The third-order valence-corrected chi connectivity index (χ3v) is 7.25. The Kier molecular flexibility index (Phi) is 4.82. The fourth-order valence-electron chi connectivity index (χ4n) is 2.68. The first-order valence-corrected chi connectivity index (χ1v) is 9.73. The highest BCUT2D eigenvalue weighted by molar-refractivity contribution is 7.69. The van der Waals surface area contributed by atoms with Gasteiger partial charge in [0.2, 0.25) is 0 Å². The van der Waals surface area contributed by atoms with Gasteiger partial charge < -0.3 is 0 Å². The Morgan fingerprint density at radius 2 is 1.65 bits per heavy atom. The second kappa shape index (κ2) is 6.61. The van der Waals surface area contributed by atoms with E-state index in [-0.39, 0.29) is 0 Å². The molecule has 1 nitrogen and oxygen atoms in total. The normalized spacial score (nSPS) is 17.6. The third kappa shape index (κ3) is 3.28. The van der Waals surface area contributed by atoms with Crippen LogP contribution in [0.4, 0.5) is 5.69 Å². The highest BCUT2D eigenvalue weighted by atomic mass is 35.5. The first-order chi connectivity index (χ1) is 9.74. The summed E-state index contributed by atoms with van der Waals surface area (Å²) in [6.07, 6.45) is 6.76. The van der Waals surface area contributed by atoms with Crippen molar-refractivity contribution >= 4 is 49.6 Å². The number of hydrogen-bond acceptors (Lipinski definition) is 3. The van der Waals surface area contributed by atoms with Gasteiger partial charge in [-0.2, -0.15) is 0 Å². The minimum atomic E-state index is 0.568. The van der Waals surface area contributed by atoms with E-state index < -0.39 is 0 Å². The van der Waals surface area contributed by atoms with E-state index in [1.807, 2.05) is 0 Å². The van der Waals surface area contributed by atoms with Gasteiger partial charge in [0.15, 0.2) is 0 Å². The van der Waals surface area contributed by atoms with Gasteiger partial charge in [0.05, 0.1) is 5.69 Å². The summed E-state index contributed by atoms with van der Waals surface area (Å²) in [6, 6.07) is 8.58. The van der Waals surface area contributed by atoms with Gasteiger partial charge in [0.25, 0.3) is 0 Å². The standard InChI is InChI=1S/C15H15Cl2NS2/c16-13-14(17)19-20-15(13)18-12-8-6-11(7-9-12)10-4-2-1-3-5-10/h6-10H,1-5H2. The summed E-state index contributed by atoms with van der Waals surface area (Å²) >= 11 is 12.1. The molecule has 0 spiro atoms. The average molecular weight is 344 g/mol. The van der Waals surface area contributed by atoms with Crippen LogP contribution in [0.25, 0.3) is 0 Å². The topological polar surface area (TPSA) is 12.4 Å². The second-order valence-corrected chi connectivity index (χ2v) is 8.21. The van der Waals surface area contributed by atoms with E-state index in [1.54, 1.807) is 0 Å². The molecule has 0 aliphatic heterocycles. The first-order valence-electron chi connectivity index (χ1n) is 6.83. The average Bonchev–Trinajstić information content (AvgIpc) is 2.81. The van der Waals surface area contributed by atoms with Gasteiger partial charge in [0, 0.05) is 0 Å². The van der Waals surface area contributed by atoms with Gasteiger partial charge >= 0.3 is 0 Å². The maximum atomic E-state index is 6.11. The van der Waals surface area contributed by atoms with Crippen molar-refractivity contribution in [2.45, 2.75) is 38.0 Å². The zero-order chi connectivity index (χ0) is 13.9. The molecule has 1 fully saturated rings. The number of rotatable bonds is 2. The van der Waals surface area contributed by atoms with Gasteiger partial charge in [-0.1, -0.05) is 75.3 Å².